The van der Waals surface area contributed by atoms with Crippen molar-refractivity contribution in [1.82, 2.24) is 15.0 Å². The van der Waals surface area contributed by atoms with Gasteiger partial charge in [-0.1, -0.05) is 16.8 Å². The molecular formula is C16H17ClF3N3O4. The van der Waals surface area contributed by atoms with Crippen LogP contribution in [0.15, 0.2) is 22.7 Å². The van der Waals surface area contributed by atoms with E-state index in [-0.39, 0.29) is 22.3 Å². The third kappa shape index (κ3) is 5.03. The number of nitrogens with zero attached hydrogens (tertiary/aromatic N) is 3. The molecule has 2 rings (SSSR count). The Morgan fingerprint density at radius 1 is 1.33 bits per heavy atom. The van der Waals surface area contributed by atoms with E-state index in [9.17, 15) is 23.1 Å². The maximum atomic E-state index is 12.3. The summed E-state index contributed by atoms with van der Waals surface area (Å²) in [4.78, 5) is 16.8. The van der Waals surface area contributed by atoms with Crippen LogP contribution in [-0.2, 0) is 0 Å². The molecule has 0 aliphatic carbocycles. The average molecular weight is 408 g/mol. The van der Waals surface area contributed by atoms with Crippen molar-refractivity contribution in [2.45, 2.75) is 45.6 Å². The smallest absolute Gasteiger partial charge is 0.465 e. The molecule has 11 heteroatoms. The minimum Gasteiger partial charge on any atom is -0.465 e. The summed E-state index contributed by atoms with van der Waals surface area (Å²) in [5.41, 5.74) is -0.436. The largest absolute Gasteiger partial charge is 0.573 e. The van der Waals surface area contributed by atoms with Gasteiger partial charge in [-0.2, -0.15) is 4.98 Å². The molecule has 0 bridgehead atoms. The normalized spacial score (nSPS) is 13.3. The number of alkyl halides is 3. The van der Waals surface area contributed by atoms with Gasteiger partial charge in [0, 0.05) is 11.1 Å². The fourth-order valence-electron chi connectivity index (χ4n) is 2.51. The van der Waals surface area contributed by atoms with Gasteiger partial charge in [0.15, 0.2) is 0 Å². The predicted octanol–water partition coefficient (Wildman–Crippen LogP) is 5.13. The molecule has 0 fully saturated rings. The van der Waals surface area contributed by atoms with Crippen LogP contribution in [0.2, 0.25) is 5.02 Å². The van der Waals surface area contributed by atoms with Crippen molar-refractivity contribution >= 4 is 17.7 Å². The molecule has 0 saturated heterocycles. The van der Waals surface area contributed by atoms with E-state index in [0.717, 1.165) is 11.0 Å². The zero-order valence-electron chi connectivity index (χ0n) is 14.8. The van der Waals surface area contributed by atoms with Crippen LogP contribution in [-0.4, -0.2) is 38.1 Å². The third-order valence-electron chi connectivity index (χ3n) is 3.53. The molecule has 1 unspecified atom stereocenters. The monoisotopic (exact) mass is 407 g/mol. The maximum absolute atomic E-state index is 12.3. The lowest BCUT2D eigenvalue weighted by Crippen LogP contribution is -2.46. The van der Waals surface area contributed by atoms with E-state index in [1.807, 2.05) is 0 Å². The minimum absolute atomic E-state index is 0.0362. The second-order valence-electron chi connectivity index (χ2n) is 6.65. The predicted molar refractivity (Wildman–Crippen MR) is 89.5 cm³/mol. The molecule has 0 aliphatic heterocycles. The molecular weight excluding hydrogens is 391 g/mol. The number of hydrogen-bond acceptors (Lipinski definition) is 5. The fourth-order valence-corrected chi connectivity index (χ4v) is 2.73. The first kappa shape index (κ1) is 20.8. The van der Waals surface area contributed by atoms with Gasteiger partial charge < -0.3 is 14.4 Å². The molecule has 1 atom stereocenters. The molecule has 0 aliphatic rings. The van der Waals surface area contributed by atoms with E-state index in [2.05, 4.69) is 14.9 Å². The number of halogens is 4. The summed E-state index contributed by atoms with van der Waals surface area (Å²) in [5, 5.41) is 12.9. The molecule has 148 valence electrons. The zero-order valence-corrected chi connectivity index (χ0v) is 15.6. The Bertz CT molecular complexity index is 833. The number of benzene rings is 1. The molecule has 1 amide bonds. The van der Waals surface area contributed by atoms with Gasteiger partial charge >= 0.3 is 12.5 Å². The van der Waals surface area contributed by atoms with E-state index in [1.54, 1.807) is 27.7 Å². The highest BCUT2D eigenvalue weighted by Crippen LogP contribution is 2.34. The average Bonchev–Trinajstić information content (AvgIpc) is 2.96. The Labute approximate surface area is 157 Å². The molecule has 0 radical (unpaired) electrons. The highest BCUT2D eigenvalue weighted by molar-refractivity contribution is 6.32. The molecule has 2 aromatic rings. The molecule has 0 spiro atoms. The van der Waals surface area contributed by atoms with E-state index in [1.165, 1.54) is 12.1 Å². The van der Waals surface area contributed by atoms with Crippen LogP contribution in [0.1, 0.15) is 39.6 Å². The summed E-state index contributed by atoms with van der Waals surface area (Å²) < 4.78 is 45.8. The van der Waals surface area contributed by atoms with Crippen molar-refractivity contribution in [1.29, 1.82) is 0 Å². The van der Waals surface area contributed by atoms with Gasteiger partial charge in [0.2, 0.25) is 11.7 Å². The summed E-state index contributed by atoms with van der Waals surface area (Å²) in [7, 11) is 0. The quantitative estimate of drug-likeness (QED) is 0.755. The Hall–Kier alpha value is -2.49. The van der Waals surface area contributed by atoms with Crippen LogP contribution in [0, 0.1) is 0 Å². The lowest BCUT2D eigenvalue weighted by molar-refractivity contribution is -0.274. The summed E-state index contributed by atoms with van der Waals surface area (Å²) in [5.74, 6) is -0.472. The number of aromatic nitrogens is 2. The maximum Gasteiger partial charge on any atom is 0.573 e. The Kier molecular flexibility index (Phi) is 5.60. The van der Waals surface area contributed by atoms with Crippen LogP contribution < -0.4 is 4.74 Å². The van der Waals surface area contributed by atoms with Crippen LogP contribution in [0.5, 0.6) is 5.75 Å². The van der Waals surface area contributed by atoms with Crippen molar-refractivity contribution in [2.75, 3.05) is 0 Å². The van der Waals surface area contributed by atoms with Crippen molar-refractivity contribution < 1.29 is 32.3 Å². The van der Waals surface area contributed by atoms with Crippen molar-refractivity contribution in [2.24, 2.45) is 0 Å². The fraction of sp³-hybridized carbons (Fsp3) is 0.438. The van der Waals surface area contributed by atoms with Crippen LogP contribution in [0.4, 0.5) is 18.0 Å². The lowest BCUT2D eigenvalue weighted by atomic mass is 10.0. The molecule has 0 saturated carbocycles. The van der Waals surface area contributed by atoms with E-state index in [0.29, 0.717) is 0 Å². The highest BCUT2D eigenvalue weighted by atomic mass is 35.5. The van der Waals surface area contributed by atoms with Crippen molar-refractivity contribution in [3.63, 3.8) is 0 Å². The van der Waals surface area contributed by atoms with Gasteiger partial charge in [-0.25, -0.2) is 4.79 Å². The van der Waals surface area contributed by atoms with Gasteiger partial charge in [-0.05, 0) is 45.9 Å². The van der Waals surface area contributed by atoms with Gasteiger partial charge in [0.05, 0.1) is 5.02 Å². The standard InChI is InChI=1S/C16H17ClF3N3O4/c1-8(23(14(24)25)15(2,3)4)13-21-12(22-27-13)9-5-6-11(10(17)7-9)26-16(18,19)20/h5-8H,1-4H3,(H,24,25). The minimum atomic E-state index is -4.87. The second-order valence-corrected chi connectivity index (χ2v) is 7.06. The number of amides is 1. The van der Waals surface area contributed by atoms with Gasteiger partial charge in [-0.3, -0.25) is 4.90 Å². The zero-order chi connectivity index (χ0) is 20.6. The van der Waals surface area contributed by atoms with E-state index in [4.69, 9.17) is 16.1 Å². The van der Waals surface area contributed by atoms with Crippen LogP contribution >= 0.6 is 11.6 Å². The summed E-state index contributed by atoms with van der Waals surface area (Å²) in [6, 6.07) is 2.77. The Morgan fingerprint density at radius 3 is 2.44 bits per heavy atom. The van der Waals surface area contributed by atoms with Crippen molar-refractivity contribution in [3.05, 3.63) is 29.1 Å². The molecule has 1 aromatic heterocycles. The molecule has 27 heavy (non-hydrogen) atoms. The lowest BCUT2D eigenvalue weighted by Gasteiger charge is -2.36. The molecule has 1 aromatic carbocycles. The Morgan fingerprint density at radius 2 is 1.96 bits per heavy atom. The first-order valence-electron chi connectivity index (χ1n) is 7.71. The summed E-state index contributed by atoms with van der Waals surface area (Å²) in [6.07, 6.45) is -6.03. The van der Waals surface area contributed by atoms with Gasteiger partial charge in [-0.15, -0.1) is 13.2 Å². The Balaban J connectivity index is 2.30. The van der Waals surface area contributed by atoms with Gasteiger partial charge in [0.1, 0.15) is 11.8 Å². The number of rotatable bonds is 4. The SMILES string of the molecule is CC(c1nc(-c2ccc(OC(F)(F)F)c(Cl)c2)no1)N(C(=O)O)C(C)(C)C. The molecule has 7 nitrogen and oxygen atoms in total. The number of carbonyl (C=O) groups is 1. The third-order valence-corrected chi connectivity index (χ3v) is 3.83. The first-order chi connectivity index (χ1) is 12.3. The first-order valence-corrected chi connectivity index (χ1v) is 8.09. The second kappa shape index (κ2) is 7.26. The summed E-state index contributed by atoms with van der Waals surface area (Å²) >= 11 is 5.81. The molecule has 1 heterocycles. The molecule has 1 N–H and O–H groups in total. The van der Waals surface area contributed by atoms with E-state index >= 15 is 0 Å². The highest BCUT2D eigenvalue weighted by Gasteiger charge is 2.35. The summed E-state index contributed by atoms with van der Waals surface area (Å²) in [6.45, 7) is 6.74. The van der Waals surface area contributed by atoms with Crippen molar-refractivity contribution in [3.8, 4) is 17.1 Å². The number of hydrogen-bond donors (Lipinski definition) is 1. The van der Waals surface area contributed by atoms with Gasteiger partial charge in [0.25, 0.3) is 0 Å². The topological polar surface area (TPSA) is 88.7 Å². The van der Waals surface area contributed by atoms with Crippen LogP contribution in [0.3, 0.4) is 0 Å². The number of ether oxygens (including phenoxy) is 1. The number of carboxylic acid groups (broad SMARTS) is 1. The van der Waals surface area contributed by atoms with E-state index < -0.39 is 29.8 Å². The van der Waals surface area contributed by atoms with Crippen LogP contribution in [0.25, 0.3) is 11.4 Å².